The molecule has 0 saturated heterocycles. The SMILES string of the molecule is CCOc1ccccc1C(C)N[C@@H](C)C1CCCCCC1. The normalized spacial score (nSPS) is 19.8. The van der Waals surface area contributed by atoms with Crippen molar-refractivity contribution in [3.63, 3.8) is 0 Å². The van der Waals surface area contributed by atoms with E-state index in [0.717, 1.165) is 18.3 Å². The van der Waals surface area contributed by atoms with Gasteiger partial charge in [-0.25, -0.2) is 0 Å². The number of benzene rings is 1. The highest BCUT2D eigenvalue weighted by atomic mass is 16.5. The first-order chi connectivity index (χ1) is 10.2. The fraction of sp³-hybridized carbons (Fsp3) is 0.684. The molecule has 1 aliphatic carbocycles. The second kappa shape index (κ2) is 8.43. The van der Waals surface area contributed by atoms with E-state index in [0.29, 0.717) is 12.1 Å². The lowest BCUT2D eigenvalue weighted by Crippen LogP contribution is -2.35. The smallest absolute Gasteiger partial charge is 0.124 e. The molecule has 2 heteroatoms. The molecule has 1 aliphatic rings. The van der Waals surface area contributed by atoms with Crippen molar-refractivity contribution in [2.24, 2.45) is 5.92 Å². The van der Waals surface area contributed by atoms with Crippen LogP contribution in [0.4, 0.5) is 0 Å². The number of ether oxygens (including phenoxy) is 1. The molecule has 1 unspecified atom stereocenters. The third-order valence-corrected chi connectivity index (χ3v) is 4.81. The molecular formula is C19H31NO. The molecule has 1 aromatic carbocycles. The molecule has 2 nitrogen and oxygen atoms in total. The molecule has 0 aromatic heterocycles. The quantitative estimate of drug-likeness (QED) is 0.736. The van der Waals surface area contributed by atoms with Crippen LogP contribution in [0.1, 0.15) is 70.9 Å². The van der Waals surface area contributed by atoms with Crippen molar-refractivity contribution in [3.8, 4) is 5.75 Å². The Bertz CT molecular complexity index is 410. The lowest BCUT2D eigenvalue weighted by Gasteiger charge is -2.28. The Labute approximate surface area is 130 Å². The fourth-order valence-electron chi connectivity index (χ4n) is 3.56. The van der Waals surface area contributed by atoms with E-state index in [1.54, 1.807) is 0 Å². The molecule has 0 amide bonds. The summed E-state index contributed by atoms with van der Waals surface area (Å²) in [5.41, 5.74) is 1.28. The Hall–Kier alpha value is -1.02. The molecule has 0 spiro atoms. The summed E-state index contributed by atoms with van der Waals surface area (Å²) < 4.78 is 5.77. The third kappa shape index (κ3) is 4.74. The molecule has 118 valence electrons. The average molecular weight is 289 g/mol. The lowest BCUT2D eigenvalue weighted by molar-refractivity contribution is 0.304. The van der Waals surface area contributed by atoms with Crippen LogP contribution in [0.3, 0.4) is 0 Å². The minimum atomic E-state index is 0.339. The van der Waals surface area contributed by atoms with Crippen LogP contribution < -0.4 is 10.1 Å². The Balaban J connectivity index is 1.98. The summed E-state index contributed by atoms with van der Waals surface area (Å²) in [6.45, 7) is 7.38. The highest BCUT2D eigenvalue weighted by Gasteiger charge is 2.21. The van der Waals surface area contributed by atoms with Crippen LogP contribution in [0.5, 0.6) is 5.75 Å². The third-order valence-electron chi connectivity index (χ3n) is 4.81. The summed E-state index contributed by atoms with van der Waals surface area (Å²) in [7, 11) is 0. The first-order valence-electron chi connectivity index (χ1n) is 8.70. The van der Waals surface area contributed by atoms with Gasteiger partial charge in [0.1, 0.15) is 5.75 Å². The number of nitrogens with one attached hydrogen (secondary N) is 1. The Kier molecular flexibility index (Phi) is 6.56. The maximum Gasteiger partial charge on any atom is 0.124 e. The van der Waals surface area contributed by atoms with E-state index in [4.69, 9.17) is 4.74 Å². The zero-order chi connectivity index (χ0) is 15.1. The van der Waals surface area contributed by atoms with Crippen molar-refractivity contribution >= 4 is 0 Å². The van der Waals surface area contributed by atoms with Crippen LogP contribution >= 0.6 is 0 Å². The standard InChI is InChI=1S/C19H31NO/c1-4-21-19-14-10-9-13-18(19)16(3)20-15(2)17-11-7-5-6-8-12-17/h9-10,13-17,20H,4-8,11-12H2,1-3H3/t15-,16?/m0/s1. The van der Waals surface area contributed by atoms with E-state index < -0.39 is 0 Å². The topological polar surface area (TPSA) is 21.3 Å². The maximum atomic E-state index is 5.77. The van der Waals surface area contributed by atoms with E-state index in [-0.39, 0.29) is 0 Å². The summed E-state index contributed by atoms with van der Waals surface area (Å²) in [6.07, 6.45) is 8.42. The first-order valence-corrected chi connectivity index (χ1v) is 8.70. The molecule has 2 atom stereocenters. The first kappa shape index (κ1) is 16.4. The zero-order valence-electron chi connectivity index (χ0n) is 13.9. The van der Waals surface area contributed by atoms with Gasteiger partial charge in [-0.3, -0.25) is 0 Å². The minimum absolute atomic E-state index is 0.339. The Morgan fingerprint density at radius 1 is 1.10 bits per heavy atom. The van der Waals surface area contributed by atoms with Gasteiger partial charge in [-0.05, 0) is 45.6 Å². The van der Waals surface area contributed by atoms with E-state index in [1.165, 1.54) is 44.1 Å². The molecule has 2 rings (SSSR count). The molecule has 1 aromatic rings. The van der Waals surface area contributed by atoms with Gasteiger partial charge in [0, 0.05) is 17.6 Å². The molecule has 0 radical (unpaired) electrons. The molecule has 0 heterocycles. The predicted octanol–water partition coefficient (Wildman–Crippen LogP) is 5.09. The average Bonchev–Trinajstić information content (AvgIpc) is 2.77. The molecule has 21 heavy (non-hydrogen) atoms. The number of para-hydroxylation sites is 1. The predicted molar refractivity (Wildman–Crippen MR) is 89.8 cm³/mol. The number of hydrogen-bond donors (Lipinski definition) is 1. The van der Waals surface area contributed by atoms with E-state index in [9.17, 15) is 0 Å². The molecular weight excluding hydrogens is 258 g/mol. The van der Waals surface area contributed by atoms with Crippen molar-refractivity contribution in [2.45, 2.75) is 71.4 Å². The van der Waals surface area contributed by atoms with Gasteiger partial charge < -0.3 is 10.1 Å². The van der Waals surface area contributed by atoms with Gasteiger partial charge in [0.05, 0.1) is 6.61 Å². The summed E-state index contributed by atoms with van der Waals surface area (Å²) in [5.74, 6) is 1.85. The molecule has 1 N–H and O–H groups in total. The lowest BCUT2D eigenvalue weighted by atomic mass is 9.92. The zero-order valence-corrected chi connectivity index (χ0v) is 13.9. The van der Waals surface area contributed by atoms with Gasteiger partial charge in [-0.2, -0.15) is 0 Å². The monoisotopic (exact) mass is 289 g/mol. The van der Waals surface area contributed by atoms with Gasteiger partial charge in [-0.1, -0.05) is 43.9 Å². The van der Waals surface area contributed by atoms with Crippen LogP contribution in [-0.2, 0) is 0 Å². The molecule has 0 aliphatic heterocycles. The van der Waals surface area contributed by atoms with Crippen molar-refractivity contribution < 1.29 is 4.74 Å². The summed E-state index contributed by atoms with van der Waals surface area (Å²) in [6, 6.07) is 9.33. The largest absolute Gasteiger partial charge is 0.494 e. The molecule has 1 saturated carbocycles. The van der Waals surface area contributed by atoms with Crippen molar-refractivity contribution in [2.75, 3.05) is 6.61 Å². The molecule has 1 fully saturated rings. The van der Waals surface area contributed by atoms with Crippen LogP contribution in [0.25, 0.3) is 0 Å². The van der Waals surface area contributed by atoms with Gasteiger partial charge in [-0.15, -0.1) is 0 Å². The Morgan fingerprint density at radius 3 is 2.43 bits per heavy atom. The van der Waals surface area contributed by atoms with Crippen LogP contribution in [0.2, 0.25) is 0 Å². The number of rotatable bonds is 6. The fourth-order valence-corrected chi connectivity index (χ4v) is 3.56. The van der Waals surface area contributed by atoms with Crippen molar-refractivity contribution in [1.82, 2.24) is 5.32 Å². The van der Waals surface area contributed by atoms with E-state index >= 15 is 0 Å². The van der Waals surface area contributed by atoms with Crippen molar-refractivity contribution in [3.05, 3.63) is 29.8 Å². The van der Waals surface area contributed by atoms with Gasteiger partial charge in [0.15, 0.2) is 0 Å². The Morgan fingerprint density at radius 2 is 1.76 bits per heavy atom. The van der Waals surface area contributed by atoms with Gasteiger partial charge >= 0.3 is 0 Å². The maximum absolute atomic E-state index is 5.77. The highest BCUT2D eigenvalue weighted by molar-refractivity contribution is 5.35. The highest BCUT2D eigenvalue weighted by Crippen LogP contribution is 2.29. The summed E-state index contributed by atoms with van der Waals surface area (Å²) in [5, 5.41) is 3.81. The summed E-state index contributed by atoms with van der Waals surface area (Å²) >= 11 is 0. The second-order valence-corrected chi connectivity index (χ2v) is 6.40. The van der Waals surface area contributed by atoms with E-state index in [1.807, 2.05) is 6.92 Å². The van der Waals surface area contributed by atoms with Crippen LogP contribution in [0.15, 0.2) is 24.3 Å². The van der Waals surface area contributed by atoms with Gasteiger partial charge in [0.2, 0.25) is 0 Å². The van der Waals surface area contributed by atoms with Crippen molar-refractivity contribution in [1.29, 1.82) is 0 Å². The van der Waals surface area contributed by atoms with Crippen LogP contribution in [-0.4, -0.2) is 12.6 Å². The van der Waals surface area contributed by atoms with E-state index in [2.05, 4.69) is 43.4 Å². The summed E-state index contributed by atoms with van der Waals surface area (Å²) in [4.78, 5) is 0. The second-order valence-electron chi connectivity index (χ2n) is 6.40. The minimum Gasteiger partial charge on any atom is -0.494 e. The number of hydrogen-bond acceptors (Lipinski definition) is 2. The van der Waals surface area contributed by atoms with Gasteiger partial charge in [0.25, 0.3) is 0 Å². The molecule has 0 bridgehead atoms. The van der Waals surface area contributed by atoms with Crippen LogP contribution in [0, 0.1) is 5.92 Å².